The Hall–Kier alpha value is -1.08. The molecule has 0 bridgehead atoms. The van der Waals surface area contributed by atoms with Crippen molar-refractivity contribution in [2.45, 2.75) is 26.8 Å². The van der Waals surface area contributed by atoms with Crippen molar-refractivity contribution in [1.29, 1.82) is 0 Å². The van der Waals surface area contributed by atoms with Crippen LogP contribution < -0.4 is 4.72 Å². The van der Waals surface area contributed by atoms with Gasteiger partial charge in [0.1, 0.15) is 4.66 Å². The average Bonchev–Trinajstić information content (AvgIpc) is 2.45. The Balaban J connectivity index is 2.20. The number of benzene rings is 1. The standard InChI is InChI=1S/C14H19BrN2O3S/c1-10(2)14(18)17-6-5-11-3-4-13(7-12(11)8-17)16-21(19,20)9-15/h3-4,7,10,16H,5-6,8-9H2,1-2H3. The number of hydrogen-bond acceptors (Lipinski definition) is 3. The fourth-order valence-corrected chi connectivity index (χ4v) is 3.26. The predicted octanol–water partition coefficient (Wildman–Crippen LogP) is 2.32. The normalized spacial score (nSPS) is 15.0. The van der Waals surface area contributed by atoms with Gasteiger partial charge in [-0.2, -0.15) is 0 Å². The molecule has 1 aliphatic rings. The number of alkyl halides is 1. The first-order valence-electron chi connectivity index (χ1n) is 6.79. The van der Waals surface area contributed by atoms with Crippen LogP contribution in [0.3, 0.4) is 0 Å². The molecule has 5 nitrogen and oxygen atoms in total. The van der Waals surface area contributed by atoms with E-state index in [1.165, 1.54) is 5.56 Å². The topological polar surface area (TPSA) is 66.5 Å². The number of sulfonamides is 1. The second kappa shape index (κ2) is 6.36. The van der Waals surface area contributed by atoms with E-state index in [-0.39, 0.29) is 16.5 Å². The van der Waals surface area contributed by atoms with Crippen molar-refractivity contribution in [2.75, 3.05) is 15.9 Å². The van der Waals surface area contributed by atoms with Crippen LogP contribution in [0.2, 0.25) is 0 Å². The molecule has 1 N–H and O–H groups in total. The summed E-state index contributed by atoms with van der Waals surface area (Å²) < 4.78 is 25.5. The van der Waals surface area contributed by atoms with Crippen LogP contribution in [-0.4, -0.2) is 30.4 Å². The number of nitrogens with one attached hydrogen (secondary N) is 1. The van der Waals surface area contributed by atoms with Crippen molar-refractivity contribution in [3.63, 3.8) is 0 Å². The van der Waals surface area contributed by atoms with Crippen molar-refractivity contribution in [3.8, 4) is 0 Å². The largest absolute Gasteiger partial charge is 0.338 e. The average molecular weight is 375 g/mol. The zero-order valence-electron chi connectivity index (χ0n) is 12.1. The molecule has 0 saturated heterocycles. The molecule has 0 spiro atoms. The van der Waals surface area contributed by atoms with E-state index in [0.717, 1.165) is 18.5 Å². The zero-order chi connectivity index (χ0) is 15.6. The number of nitrogens with zero attached hydrogens (tertiary/aromatic N) is 1. The fraction of sp³-hybridized carbons (Fsp3) is 0.500. The number of hydrogen-bond donors (Lipinski definition) is 1. The molecule has 0 saturated carbocycles. The van der Waals surface area contributed by atoms with Crippen LogP contribution in [0.1, 0.15) is 25.0 Å². The highest BCUT2D eigenvalue weighted by molar-refractivity contribution is 9.10. The van der Waals surface area contributed by atoms with Gasteiger partial charge in [-0.25, -0.2) is 8.42 Å². The number of amides is 1. The molecule has 1 aromatic rings. The van der Waals surface area contributed by atoms with E-state index in [4.69, 9.17) is 0 Å². The summed E-state index contributed by atoms with van der Waals surface area (Å²) in [6.07, 6.45) is 0.805. The summed E-state index contributed by atoms with van der Waals surface area (Å²) in [4.78, 5) is 13.9. The second-order valence-corrected chi connectivity index (χ2v) is 8.50. The summed E-state index contributed by atoms with van der Waals surface area (Å²) in [6.45, 7) is 5.03. The van der Waals surface area contributed by atoms with Crippen molar-refractivity contribution in [1.82, 2.24) is 4.90 Å². The van der Waals surface area contributed by atoms with Gasteiger partial charge in [0.05, 0.1) is 0 Å². The molecule has 0 atom stereocenters. The minimum Gasteiger partial charge on any atom is -0.338 e. The van der Waals surface area contributed by atoms with Crippen molar-refractivity contribution in [2.24, 2.45) is 5.92 Å². The third kappa shape index (κ3) is 3.97. The summed E-state index contributed by atoms with van der Waals surface area (Å²) in [5.74, 6) is 0.105. The lowest BCUT2D eigenvalue weighted by atomic mass is 9.98. The van der Waals surface area contributed by atoms with Crippen LogP contribution in [-0.2, 0) is 27.8 Å². The molecule has 21 heavy (non-hydrogen) atoms. The molecular formula is C14H19BrN2O3S. The molecule has 1 aromatic carbocycles. The number of rotatable bonds is 4. The number of halogens is 1. The van der Waals surface area contributed by atoms with Gasteiger partial charge in [0.2, 0.25) is 15.9 Å². The van der Waals surface area contributed by atoms with Gasteiger partial charge < -0.3 is 4.90 Å². The molecule has 1 amide bonds. The molecule has 0 aromatic heterocycles. The van der Waals surface area contributed by atoms with Gasteiger partial charge in [0.25, 0.3) is 0 Å². The molecular weight excluding hydrogens is 356 g/mol. The third-order valence-corrected chi connectivity index (χ3v) is 6.08. The Bertz CT molecular complexity index is 644. The molecule has 2 rings (SSSR count). The fourth-order valence-electron chi connectivity index (χ4n) is 2.38. The highest BCUT2D eigenvalue weighted by Crippen LogP contribution is 2.24. The minimum atomic E-state index is -3.36. The van der Waals surface area contributed by atoms with E-state index in [1.54, 1.807) is 6.07 Å². The Morgan fingerprint density at radius 2 is 2.10 bits per heavy atom. The lowest BCUT2D eigenvalue weighted by Crippen LogP contribution is -2.38. The van der Waals surface area contributed by atoms with Gasteiger partial charge >= 0.3 is 0 Å². The van der Waals surface area contributed by atoms with E-state index in [9.17, 15) is 13.2 Å². The third-order valence-electron chi connectivity index (χ3n) is 3.44. The van der Waals surface area contributed by atoms with Crippen LogP contribution >= 0.6 is 15.9 Å². The first kappa shape index (κ1) is 16.3. The summed E-state index contributed by atoms with van der Waals surface area (Å²) in [5.41, 5.74) is 2.71. The van der Waals surface area contributed by atoms with E-state index in [2.05, 4.69) is 20.7 Å². The first-order chi connectivity index (χ1) is 9.82. The van der Waals surface area contributed by atoms with Gasteiger partial charge in [-0.05, 0) is 29.7 Å². The Labute approximate surface area is 133 Å². The number of anilines is 1. The minimum absolute atomic E-state index is 0.0263. The van der Waals surface area contributed by atoms with Crippen LogP contribution in [0, 0.1) is 5.92 Å². The number of carbonyl (C=O) groups excluding carboxylic acids is 1. The van der Waals surface area contributed by atoms with E-state index < -0.39 is 10.0 Å². The van der Waals surface area contributed by atoms with E-state index in [0.29, 0.717) is 12.2 Å². The smallest absolute Gasteiger partial charge is 0.242 e. The quantitative estimate of drug-likeness (QED) is 0.822. The maximum Gasteiger partial charge on any atom is 0.242 e. The first-order valence-corrected chi connectivity index (χ1v) is 9.57. The second-order valence-electron chi connectivity index (χ2n) is 5.47. The maximum absolute atomic E-state index is 12.1. The Morgan fingerprint density at radius 3 is 2.71 bits per heavy atom. The number of carbonyl (C=O) groups is 1. The molecule has 0 radical (unpaired) electrons. The molecule has 1 heterocycles. The van der Waals surface area contributed by atoms with Crippen LogP contribution in [0.15, 0.2) is 18.2 Å². The maximum atomic E-state index is 12.1. The van der Waals surface area contributed by atoms with Gasteiger partial charge in [-0.15, -0.1) is 0 Å². The van der Waals surface area contributed by atoms with Crippen LogP contribution in [0.5, 0.6) is 0 Å². The monoisotopic (exact) mass is 374 g/mol. The zero-order valence-corrected chi connectivity index (χ0v) is 14.5. The van der Waals surface area contributed by atoms with Crippen molar-refractivity contribution < 1.29 is 13.2 Å². The van der Waals surface area contributed by atoms with Crippen molar-refractivity contribution >= 4 is 37.5 Å². The Kier molecular flexibility index (Phi) is 4.93. The van der Waals surface area contributed by atoms with Crippen LogP contribution in [0.4, 0.5) is 5.69 Å². The lowest BCUT2D eigenvalue weighted by molar-refractivity contribution is -0.135. The molecule has 1 aliphatic heterocycles. The van der Waals surface area contributed by atoms with E-state index in [1.807, 2.05) is 30.9 Å². The SMILES string of the molecule is CC(C)C(=O)N1CCc2ccc(NS(=O)(=O)CBr)cc2C1. The summed E-state index contributed by atoms with van der Waals surface area (Å²) >= 11 is 2.94. The van der Waals surface area contributed by atoms with E-state index >= 15 is 0 Å². The number of fused-ring (bicyclic) bond motifs is 1. The van der Waals surface area contributed by atoms with Gasteiger partial charge in [0.15, 0.2) is 0 Å². The van der Waals surface area contributed by atoms with Gasteiger partial charge in [0, 0.05) is 24.7 Å². The molecule has 0 unspecified atom stereocenters. The highest BCUT2D eigenvalue weighted by atomic mass is 79.9. The van der Waals surface area contributed by atoms with Crippen molar-refractivity contribution in [3.05, 3.63) is 29.3 Å². The molecule has 0 aliphatic carbocycles. The lowest BCUT2D eigenvalue weighted by Gasteiger charge is -2.30. The summed E-state index contributed by atoms with van der Waals surface area (Å²) in [6, 6.07) is 5.51. The Morgan fingerprint density at radius 1 is 1.38 bits per heavy atom. The molecule has 0 fully saturated rings. The van der Waals surface area contributed by atoms with Gasteiger partial charge in [-0.3, -0.25) is 9.52 Å². The summed E-state index contributed by atoms with van der Waals surface area (Å²) in [5, 5.41) is 0. The summed E-state index contributed by atoms with van der Waals surface area (Å²) in [7, 11) is -3.36. The molecule has 7 heteroatoms. The highest BCUT2D eigenvalue weighted by Gasteiger charge is 2.23. The molecule has 116 valence electrons. The van der Waals surface area contributed by atoms with Gasteiger partial charge in [-0.1, -0.05) is 35.8 Å². The predicted molar refractivity (Wildman–Crippen MR) is 86.7 cm³/mol. The van der Waals surface area contributed by atoms with Crippen LogP contribution in [0.25, 0.3) is 0 Å².